The summed E-state index contributed by atoms with van der Waals surface area (Å²) in [6, 6.07) is 45.6. The van der Waals surface area contributed by atoms with Crippen molar-refractivity contribution in [2.75, 3.05) is 20.6 Å². The number of carbonyl (C=O) groups is 1. The van der Waals surface area contributed by atoms with Crippen molar-refractivity contribution in [2.45, 2.75) is 73.0 Å². The average molecular weight is 1610 g/mol. The van der Waals surface area contributed by atoms with Gasteiger partial charge in [0.2, 0.25) is 0 Å². The van der Waals surface area contributed by atoms with Crippen LogP contribution in [0.4, 0.5) is 29.1 Å². The number of nitro groups is 5. The molecule has 0 radical (unpaired) electrons. The Balaban J connectivity index is 0.000000404. The van der Waals surface area contributed by atoms with Crippen molar-refractivity contribution >= 4 is 93.0 Å². The Kier molecular flexibility index (Phi) is 36.8. The number of allylic oxidation sites excluding steroid dienone is 2. The third kappa shape index (κ3) is 26.8. The monoisotopic (exact) mass is 1610 g/mol. The summed E-state index contributed by atoms with van der Waals surface area (Å²) in [4.78, 5) is 63.0. The van der Waals surface area contributed by atoms with Gasteiger partial charge in [-0.2, -0.15) is 0 Å². The predicted octanol–water partition coefficient (Wildman–Crippen LogP) is 12.5. The Hall–Kier alpha value is -10.1. The van der Waals surface area contributed by atoms with Crippen molar-refractivity contribution in [2.24, 2.45) is 0 Å². The van der Waals surface area contributed by atoms with Crippen LogP contribution in [0.1, 0.15) is 65.7 Å². The Morgan fingerprint density at radius 1 is 0.564 bits per heavy atom. The van der Waals surface area contributed by atoms with E-state index in [1.165, 1.54) is 26.4 Å². The van der Waals surface area contributed by atoms with Crippen LogP contribution in [0.25, 0.3) is 28.8 Å². The van der Waals surface area contributed by atoms with Gasteiger partial charge in [0.25, 0.3) is 0 Å². The van der Waals surface area contributed by atoms with Crippen LogP contribution in [0.5, 0.6) is 0 Å². The number of benzene rings is 5. The molecule has 0 atom stereocenters. The first kappa shape index (κ1) is 86.9. The van der Waals surface area contributed by atoms with E-state index in [2.05, 4.69) is 90.1 Å². The summed E-state index contributed by atoms with van der Waals surface area (Å²) < 4.78 is 18.1. The molecule has 11 rings (SSSR count). The summed E-state index contributed by atoms with van der Waals surface area (Å²) in [5, 5.41) is 91.7. The van der Waals surface area contributed by atoms with Gasteiger partial charge in [-0.15, -0.1) is 23.8 Å². The first-order chi connectivity index (χ1) is 46.6. The second kappa shape index (κ2) is 42.7. The van der Waals surface area contributed by atoms with Gasteiger partial charge in [-0.1, -0.05) is 134 Å². The topological polar surface area (TPSA) is 395 Å². The zero-order valence-corrected chi connectivity index (χ0v) is 60.2. The maximum atomic E-state index is 11.0. The van der Waals surface area contributed by atoms with Crippen molar-refractivity contribution in [1.29, 1.82) is 0 Å². The third-order valence-electron chi connectivity index (χ3n) is 13.6. The van der Waals surface area contributed by atoms with Crippen molar-refractivity contribution in [3.05, 3.63) is 284 Å². The van der Waals surface area contributed by atoms with E-state index < -0.39 is 31.7 Å². The van der Waals surface area contributed by atoms with Crippen LogP contribution in [0.2, 0.25) is 0 Å². The number of aldehydes is 1. The molecule has 3 N–H and O–H groups in total. The molecule has 31 nitrogen and oxygen atoms in total. The fourth-order valence-electron chi connectivity index (χ4n) is 8.14. The molecule has 0 spiro atoms. The van der Waals surface area contributed by atoms with Crippen molar-refractivity contribution in [1.82, 2.24) is 54.2 Å². The molecular weight excluding hydrogens is 1530 g/mol. The number of hydrogen-bond donors (Lipinski definition) is 3. The van der Waals surface area contributed by atoms with E-state index in [4.69, 9.17) is 19.4 Å². The van der Waals surface area contributed by atoms with Crippen molar-refractivity contribution in [3.8, 4) is 22.7 Å². The van der Waals surface area contributed by atoms with Gasteiger partial charge in [0.15, 0.2) is 0 Å². The number of nitrogens with zero attached hydrogens (tertiary/aromatic N) is 15. The molecule has 6 heterocycles. The number of aromatic amines is 1. The number of halogens is 2. The van der Waals surface area contributed by atoms with Gasteiger partial charge in [-0.25, -0.2) is 0 Å². The number of rotatable bonds is 17. The Bertz CT molecular complexity index is 4240. The summed E-state index contributed by atoms with van der Waals surface area (Å²) in [6.07, 6.45) is 14.4. The molecule has 1 aliphatic heterocycles. The predicted molar refractivity (Wildman–Crippen MR) is 389 cm³/mol. The quantitative estimate of drug-likeness (QED) is 0.0250. The number of carbonyl (C=O) groups excluding carboxylic acids is 1. The first-order valence-electron chi connectivity index (χ1n) is 29.4. The van der Waals surface area contributed by atoms with Gasteiger partial charge in [0.1, 0.15) is 15.2 Å². The molecule has 10 aromatic rings. The smallest absolute Gasteiger partial charge is 0.423 e. The van der Waals surface area contributed by atoms with Gasteiger partial charge >= 0.3 is 43.3 Å². The maximum absolute atomic E-state index is 11.0. The Labute approximate surface area is 613 Å². The van der Waals surface area contributed by atoms with Gasteiger partial charge in [-0.05, 0) is 179 Å². The van der Waals surface area contributed by atoms with E-state index >= 15 is 0 Å². The first-order valence-corrected chi connectivity index (χ1v) is 30.9. The van der Waals surface area contributed by atoms with Crippen LogP contribution in [0.3, 0.4) is 0 Å². The van der Waals surface area contributed by atoms with Crippen LogP contribution in [0.15, 0.2) is 210 Å². The molecule has 0 aliphatic carbocycles. The summed E-state index contributed by atoms with van der Waals surface area (Å²) in [5.41, 5.74) is 4.69. The molecule has 5 aromatic carbocycles. The minimum atomic E-state index is -1.34. The molecule has 1 aliphatic rings. The average Bonchev–Trinajstić information content (AvgIpc) is 1.65. The fourth-order valence-corrected chi connectivity index (χ4v) is 8.90. The molecule has 0 saturated carbocycles. The molecular formula is C65H75B2Br2N16O15Pd-. The molecule has 1 fully saturated rings. The molecule has 0 unspecified atom stereocenters. The summed E-state index contributed by atoms with van der Waals surface area (Å²) in [5.74, 6) is 1.16. The SMILES string of the molecule is C.C/C=C/B1OC(C)(C)C(C)(C)O1.C/C=C/c1cn(-c2ccccc2)nc1[N+](=O)[O-].CN(C)CCc1cn(-c2ccccc2)nc1[N+](=O)[O-].O=CCc1cn(-c2ccccc2)nc1[N+](=O)[O-].O=[N+]([O-])c1[nH]ncc1Br.O=[N+]([O-])c1nn(-c2ccccc2)cc1Br.OB(O)c1ccccc1.[CH3-].[Pd]. The van der Waals surface area contributed by atoms with Gasteiger partial charge in [-0.3, -0.25) is 0 Å². The van der Waals surface area contributed by atoms with E-state index in [0.29, 0.717) is 49.5 Å². The van der Waals surface area contributed by atoms with Crippen LogP contribution >= 0.6 is 31.9 Å². The number of likely N-dealkylation sites (N-methyl/N-ethyl adjacent to an activating group) is 1. The zero-order valence-electron chi connectivity index (χ0n) is 55.5. The van der Waals surface area contributed by atoms with Gasteiger partial charge < -0.3 is 87.0 Å². The summed E-state index contributed by atoms with van der Waals surface area (Å²) in [7, 11) is 2.35. The van der Waals surface area contributed by atoms with Gasteiger partial charge in [0.05, 0.1) is 102 Å². The minimum Gasteiger partial charge on any atom is -0.423 e. The van der Waals surface area contributed by atoms with E-state index in [0.717, 1.165) is 23.6 Å². The number of hydrogen-bond acceptors (Lipinski definition) is 21. The molecule has 5 aromatic heterocycles. The molecule has 0 amide bonds. The maximum Gasteiger partial charge on any atom is 0.488 e. The van der Waals surface area contributed by atoms with Crippen LogP contribution < -0.4 is 5.46 Å². The molecule has 36 heteroatoms. The van der Waals surface area contributed by atoms with Crippen LogP contribution in [-0.2, 0) is 47.4 Å². The number of aromatic nitrogens is 10. The Morgan fingerprint density at radius 3 is 1.27 bits per heavy atom. The second-order valence-electron chi connectivity index (χ2n) is 21.5. The zero-order chi connectivity index (χ0) is 72.1. The fraction of sp³-hybridized carbons (Fsp3) is 0.215. The largest absolute Gasteiger partial charge is 0.488 e. The molecule has 536 valence electrons. The van der Waals surface area contributed by atoms with E-state index in [-0.39, 0.29) is 89.1 Å². The van der Waals surface area contributed by atoms with Crippen molar-refractivity contribution < 1.29 is 69.2 Å². The molecule has 101 heavy (non-hydrogen) atoms. The van der Waals surface area contributed by atoms with Crippen molar-refractivity contribution in [3.63, 3.8) is 0 Å². The number of H-pyrrole nitrogens is 1. The molecule has 1 saturated heterocycles. The van der Waals surface area contributed by atoms with E-state index in [1.807, 2.05) is 160 Å². The number of nitrogens with one attached hydrogen (secondary N) is 1. The second-order valence-corrected chi connectivity index (χ2v) is 23.2. The van der Waals surface area contributed by atoms with Crippen LogP contribution in [0, 0.1) is 58.0 Å². The third-order valence-corrected chi connectivity index (χ3v) is 14.8. The minimum absolute atomic E-state index is 0. The standard InChI is InChI=1S/C13H16N4O2.C12H11N3O2.C11H9N3O3.C9H17BO2.C9H6BrN3O2.C6H7BO2.C3H2BrN3O2.CH4.CH3.Pd/c1-15(2)9-8-11-10-16(14-13(11)17(18)19)12-6-4-3-5-7-12;1-2-6-10-9-14(13-12(10)15(16)17)11-7-4-3-5-8-11;15-7-6-9-8-13(12-11(9)14(16)17)10-4-2-1-3-5-10;1-6-7-10-11-8(2,3)9(4,5)12-10;10-8-6-12(11-9(8)13(14)15)7-4-2-1-3-5-7;8-7(9)6-4-2-1-3-5-6;4-2-1-5-6-3(2)7(8)9;;;/h3-7,10H,8-9H2,1-2H3;2-9H,1H3;1-5,7-8H,6H2;6-7H,1-5H3;1-6H;1-5,8-9H;1H,(H,5,6);1H4;1H3;/q;;;;;;;;-1;/b;6-2+;;7-6+;;;;;;. The molecule has 0 bridgehead atoms. The Morgan fingerprint density at radius 2 is 0.941 bits per heavy atom. The summed E-state index contributed by atoms with van der Waals surface area (Å²) in [6.45, 7) is 12.7. The van der Waals surface area contributed by atoms with Gasteiger partial charge in [0, 0.05) is 33.4 Å². The number of para-hydroxylation sites is 4. The van der Waals surface area contributed by atoms with E-state index in [1.54, 1.807) is 71.8 Å². The normalized spacial score (nSPS) is 12.0. The van der Waals surface area contributed by atoms with E-state index in [9.17, 15) is 55.4 Å². The van der Waals surface area contributed by atoms with Crippen LogP contribution in [-0.4, -0.2) is 141 Å². The summed E-state index contributed by atoms with van der Waals surface area (Å²) >= 11 is 6.02.